The smallest absolute Gasteiger partial charge is 0.151 e. The normalized spacial score (nSPS) is 10.2. The molecule has 0 saturated heterocycles. The summed E-state index contributed by atoms with van der Waals surface area (Å²) in [5.41, 5.74) is 1.22. The largest absolute Gasteiger partial charge is 0.349 e. The predicted molar refractivity (Wildman–Crippen MR) is 55.3 cm³/mol. The van der Waals surface area contributed by atoms with Crippen LogP contribution < -0.4 is 0 Å². The van der Waals surface area contributed by atoms with Crippen LogP contribution in [-0.2, 0) is 6.54 Å². The molecule has 0 N–H and O–H groups in total. The number of rotatable bonds is 3. The van der Waals surface area contributed by atoms with Gasteiger partial charge in [-0.2, -0.15) is 0 Å². The molecule has 0 fully saturated rings. The highest BCUT2D eigenvalue weighted by molar-refractivity contribution is 5.74. The first-order valence-electron chi connectivity index (χ1n) is 4.64. The number of carbonyl (C=O) groups is 1. The van der Waals surface area contributed by atoms with E-state index < -0.39 is 0 Å². The quantitative estimate of drug-likeness (QED) is 0.702. The maximum absolute atomic E-state index is 13.3. The van der Waals surface area contributed by atoms with Gasteiger partial charge in [0.25, 0.3) is 0 Å². The Labute approximate surface area is 87.0 Å². The number of nitrogens with zero attached hydrogens (tertiary/aromatic N) is 1. The lowest BCUT2D eigenvalue weighted by atomic mass is 10.2. The van der Waals surface area contributed by atoms with Crippen molar-refractivity contribution >= 4 is 6.29 Å². The van der Waals surface area contributed by atoms with Gasteiger partial charge in [-0.05, 0) is 12.1 Å². The highest BCUT2D eigenvalue weighted by Gasteiger charge is 2.01. The summed E-state index contributed by atoms with van der Waals surface area (Å²) < 4.78 is 15.1. The number of aromatic nitrogens is 1. The Bertz CT molecular complexity index is 476. The van der Waals surface area contributed by atoms with Crippen molar-refractivity contribution in [1.82, 2.24) is 4.57 Å². The van der Waals surface area contributed by atoms with E-state index in [2.05, 4.69) is 0 Å². The summed E-state index contributed by atoms with van der Waals surface area (Å²) in [6.45, 7) is 0.445. The van der Waals surface area contributed by atoms with Gasteiger partial charge in [0, 0.05) is 30.1 Å². The van der Waals surface area contributed by atoms with Crippen LogP contribution in [0.1, 0.15) is 15.9 Å². The summed E-state index contributed by atoms with van der Waals surface area (Å²) in [7, 11) is 0. The van der Waals surface area contributed by atoms with E-state index in [1.165, 1.54) is 6.07 Å². The van der Waals surface area contributed by atoms with Crippen molar-refractivity contribution in [3.63, 3.8) is 0 Å². The second-order valence-electron chi connectivity index (χ2n) is 3.33. The van der Waals surface area contributed by atoms with Crippen LogP contribution in [0.3, 0.4) is 0 Å². The number of aldehydes is 1. The van der Waals surface area contributed by atoms with Crippen molar-refractivity contribution < 1.29 is 9.18 Å². The minimum absolute atomic E-state index is 0.223. The van der Waals surface area contributed by atoms with E-state index in [1.54, 1.807) is 41.2 Å². The van der Waals surface area contributed by atoms with E-state index in [1.807, 2.05) is 0 Å². The molecule has 1 aromatic heterocycles. The average molecular weight is 203 g/mol. The van der Waals surface area contributed by atoms with Gasteiger partial charge < -0.3 is 4.57 Å². The van der Waals surface area contributed by atoms with Gasteiger partial charge in [-0.3, -0.25) is 4.79 Å². The van der Waals surface area contributed by atoms with Gasteiger partial charge >= 0.3 is 0 Å². The number of halogens is 1. The van der Waals surface area contributed by atoms with E-state index in [0.29, 0.717) is 17.7 Å². The number of benzene rings is 1. The maximum atomic E-state index is 13.3. The third kappa shape index (κ3) is 2.13. The van der Waals surface area contributed by atoms with E-state index in [4.69, 9.17) is 0 Å². The fourth-order valence-corrected chi connectivity index (χ4v) is 1.45. The van der Waals surface area contributed by atoms with Gasteiger partial charge in [0.05, 0.1) is 0 Å². The Balaban J connectivity index is 2.22. The molecule has 15 heavy (non-hydrogen) atoms. The number of hydrogen-bond acceptors (Lipinski definition) is 1. The first kappa shape index (κ1) is 9.65. The average Bonchev–Trinajstić information content (AvgIpc) is 2.69. The zero-order chi connectivity index (χ0) is 10.7. The minimum Gasteiger partial charge on any atom is -0.349 e. The van der Waals surface area contributed by atoms with Gasteiger partial charge in [0.2, 0.25) is 0 Å². The molecule has 0 bridgehead atoms. The van der Waals surface area contributed by atoms with E-state index in [9.17, 15) is 9.18 Å². The summed E-state index contributed by atoms with van der Waals surface area (Å²) in [6, 6.07) is 8.32. The summed E-state index contributed by atoms with van der Waals surface area (Å²) in [6.07, 6.45) is 4.23. The molecule has 0 amide bonds. The SMILES string of the molecule is O=Cc1ccn(Cc2ccccc2F)c1. The van der Waals surface area contributed by atoms with Crippen molar-refractivity contribution in [3.05, 3.63) is 59.7 Å². The molecular formula is C12H10FNO. The molecule has 0 radical (unpaired) electrons. The molecular weight excluding hydrogens is 193 g/mol. The lowest BCUT2D eigenvalue weighted by Crippen LogP contribution is -1.98. The summed E-state index contributed by atoms with van der Waals surface area (Å²) in [4.78, 5) is 10.5. The summed E-state index contributed by atoms with van der Waals surface area (Å²) in [5.74, 6) is -0.223. The van der Waals surface area contributed by atoms with Crippen molar-refractivity contribution in [2.24, 2.45) is 0 Å². The van der Waals surface area contributed by atoms with Crippen molar-refractivity contribution in [2.75, 3.05) is 0 Å². The fraction of sp³-hybridized carbons (Fsp3) is 0.0833. The second-order valence-corrected chi connectivity index (χ2v) is 3.33. The Morgan fingerprint density at radius 2 is 2.07 bits per heavy atom. The van der Waals surface area contributed by atoms with Crippen molar-refractivity contribution in [3.8, 4) is 0 Å². The van der Waals surface area contributed by atoms with E-state index in [0.717, 1.165) is 6.29 Å². The van der Waals surface area contributed by atoms with Gasteiger partial charge in [-0.15, -0.1) is 0 Å². The molecule has 1 heterocycles. The van der Waals surface area contributed by atoms with E-state index in [-0.39, 0.29) is 5.82 Å². The third-order valence-electron chi connectivity index (χ3n) is 2.22. The van der Waals surface area contributed by atoms with Gasteiger partial charge in [0.15, 0.2) is 6.29 Å². The Hall–Kier alpha value is -1.90. The summed E-state index contributed by atoms with van der Waals surface area (Å²) in [5, 5.41) is 0. The summed E-state index contributed by atoms with van der Waals surface area (Å²) >= 11 is 0. The minimum atomic E-state index is -0.223. The fourth-order valence-electron chi connectivity index (χ4n) is 1.45. The molecule has 0 spiro atoms. The van der Waals surface area contributed by atoms with Crippen molar-refractivity contribution in [1.29, 1.82) is 0 Å². The first-order chi connectivity index (χ1) is 7.29. The van der Waals surface area contributed by atoms with Crippen LogP contribution in [0.4, 0.5) is 4.39 Å². The zero-order valence-corrected chi connectivity index (χ0v) is 8.06. The Morgan fingerprint density at radius 1 is 1.27 bits per heavy atom. The molecule has 3 heteroatoms. The topological polar surface area (TPSA) is 22.0 Å². The van der Waals surface area contributed by atoms with Gasteiger partial charge in [-0.1, -0.05) is 18.2 Å². The molecule has 1 aromatic carbocycles. The maximum Gasteiger partial charge on any atom is 0.151 e. The van der Waals surface area contributed by atoms with Crippen LogP contribution in [0.2, 0.25) is 0 Å². The van der Waals surface area contributed by atoms with Crippen LogP contribution in [0, 0.1) is 5.82 Å². The third-order valence-corrected chi connectivity index (χ3v) is 2.22. The standard InChI is InChI=1S/C12H10FNO/c13-12-4-2-1-3-11(12)8-14-6-5-10(7-14)9-15/h1-7,9H,8H2. The molecule has 0 saturated carbocycles. The molecule has 0 aliphatic rings. The number of hydrogen-bond donors (Lipinski definition) is 0. The molecule has 0 aliphatic heterocycles. The van der Waals surface area contributed by atoms with E-state index >= 15 is 0 Å². The predicted octanol–water partition coefficient (Wildman–Crippen LogP) is 2.49. The lowest BCUT2D eigenvalue weighted by Gasteiger charge is -2.03. The molecule has 2 rings (SSSR count). The second kappa shape index (κ2) is 4.09. The lowest BCUT2D eigenvalue weighted by molar-refractivity contribution is 0.112. The van der Waals surface area contributed by atoms with Crippen LogP contribution in [0.25, 0.3) is 0 Å². The van der Waals surface area contributed by atoms with Gasteiger partial charge in [-0.25, -0.2) is 4.39 Å². The van der Waals surface area contributed by atoms with Crippen LogP contribution in [-0.4, -0.2) is 10.9 Å². The van der Waals surface area contributed by atoms with Crippen molar-refractivity contribution in [2.45, 2.75) is 6.54 Å². The molecule has 2 aromatic rings. The van der Waals surface area contributed by atoms with Crippen LogP contribution >= 0.6 is 0 Å². The highest BCUT2D eigenvalue weighted by atomic mass is 19.1. The zero-order valence-electron chi connectivity index (χ0n) is 8.06. The molecule has 0 aliphatic carbocycles. The first-order valence-corrected chi connectivity index (χ1v) is 4.64. The van der Waals surface area contributed by atoms with Gasteiger partial charge in [0.1, 0.15) is 5.82 Å². The molecule has 0 atom stereocenters. The highest BCUT2D eigenvalue weighted by Crippen LogP contribution is 2.09. The van der Waals surface area contributed by atoms with Crippen LogP contribution in [0.15, 0.2) is 42.7 Å². The molecule has 2 nitrogen and oxygen atoms in total. The van der Waals surface area contributed by atoms with Crippen LogP contribution in [0.5, 0.6) is 0 Å². The molecule has 76 valence electrons. The monoisotopic (exact) mass is 203 g/mol. The molecule has 0 unspecified atom stereocenters. The Kier molecular flexibility index (Phi) is 2.63. The Morgan fingerprint density at radius 3 is 2.73 bits per heavy atom. The number of carbonyl (C=O) groups excluding carboxylic acids is 1.